The molecule has 4 N–H and O–H groups in total. The Hall–Kier alpha value is -1.53. The summed E-state index contributed by atoms with van der Waals surface area (Å²) < 4.78 is 1.81. The Labute approximate surface area is 164 Å². The van der Waals surface area contributed by atoms with Gasteiger partial charge in [-0.1, -0.05) is 74.3 Å². The third-order valence-electron chi connectivity index (χ3n) is 4.52. The molecule has 0 fully saturated rings. The second-order valence-corrected chi connectivity index (χ2v) is 7.77. The molecule has 0 saturated carbocycles. The minimum absolute atomic E-state index is 0.499. The van der Waals surface area contributed by atoms with Gasteiger partial charge in [-0.25, -0.2) is 0 Å². The predicted molar refractivity (Wildman–Crippen MR) is 110 cm³/mol. The van der Waals surface area contributed by atoms with Crippen LogP contribution < -0.4 is 5.73 Å². The van der Waals surface area contributed by atoms with Crippen LogP contribution in [-0.2, 0) is 12.0 Å². The number of hydrogen-bond acceptors (Lipinski definition) is 3. The predicted octanol–water partition coefficient (Wildman–Crippen LogP) is 4.53. The summed E-state index contributed by atoms with van der Waals surface area (Å²) in [5, 5.41) is 18.8. The smallest absolute Gasteiger partial charge is 0.0912 e. The van der Waals surface area contributed by atoms with E-state index in [0.29, 0.717) is 6.54 Å². The highest BCUT2D eigenvalue weighted by atomic mass is 79.9. The molecule has 0 aliphatic heterocycles. The monoisotopic (exact) mass is 460 g/mol. The number of allylic oxidation sites excluding steroid dienone is 2. The van der Waals surface area contributed by atoms with Gasteiger partial charge in [-0.15, -0.1) is 0 Å². The Morgan fingerprint density at radius 3 is 2.28 bits per heavy atom. The van der Waals surface area contributed by atoms with Gasteiger partial charge in [0.05, 0.1) is 11.5 Å². The van der Waals surface area contributed by atoms with Crippen LogP contribution in [-0.4, -0.2) is 17.4 Å². The van der Waals surface area contributed by atoms with Crippen LogP contribution in [0.2, 0.25) is 0 Å². The van der Waals surface area contributed by atoms with E-state index < -0.39 is 11.5 Å². The minimum Gasteiger partial charge on any atom is -0.387 e. The molecule has 25 heavy (non-hydrogen) atoms. The highest BCUT2D eigenvalue weighted by Crippen LogP contribution is 2.41. The fraction of sp³-hybridized carbons (Fsp3) is 0.150. The van der Waals surface area contributed by atoms with Crippen molar-refractivity contribution in [2.45, 2.75) is 18.1 Å². The molecule has 0 bridgehead atoms. The van der Waals surface area contributed by atoms with Crippen LogP contribution in [0.25, 0.3) is 5.57 Å². The highest BCUT2D eigenvalue weighted by molar-refractivity contribution is 9.12. The maximum Gasteiger partial charge on any atom is 0.0912 e. The Kier molecular flexibility index (Phi) is 5.39. The molecule has 2 aromatic carbocycles. The van der Waals surface area contributed by atoms with E-state index in [1.165, 1.54) is 6.21 Å². The first-order valence-corrected chi connectivity index (χ1v) is 9.44. The van der Waals surface area contributed by atoms with E-state index in [2.05, 4.69) is 31.9 Å². The summed E-state index contributed by atoms with van der Waals surface area (Å²) in [5.41, 5.74) is 8.59. The van der Waals surface area contributed by atoms with Crippen LogP contribution in [0, 0.1) is 5.41 Å². The molecule has 5 heteroatoms. The zero-order valence-corrected chi connectivity index (χ0v) is 16.6. The van der Waals surface area contributed by atoms with E-state index in [4.69, 9.17) is 11.1 Å². The van der Waals surface area contributed by atoms with Gasteiger partial charge in [0.15, 0.2) is 0 Å². The van der Waals surface area contributed by atoms with E-state index in [1.54, 1.807) is 6.08 Å². The van der Waals surface area contributed by atoms with Crippen molar-refractivity contribution >= 4 is 43.6 Å². The van der Waals surface area contributed by atoms with Gasteiger partial charge < -0.3 is 16.2 Å². The molecule has 1 aliphatic rings. The van der Waals surface area contributed by atoms with Crippen LogP contribution in [0.4, 0.5) is 0 Å². The molecule has 0 spiro atoms. The molecular formula is C20H18Br2N2O. The van der Waals surface area contributed by atoms with E-state index in [9.17, 15) is 5.11 Å². The van der Waals surface area contributed by atoms with Crippen molar-refractivity contribution in [3.63, 3.8) is 0 Å². The number of hydrogen-bond donors (Lipinski definition) is 3. The Morgan fingerprint density at radius 1 is 1.08 bits per heavy atom. The van der Waals surface area contributed by atoms with Crippen LogP contribution in [0.5, 0.6) is 0 Å². The normalized spacial score (nSPS) is 23.0. The van der Waals surface area contributed by atoms with E-state index in [-0.39, 0.29) is 0 Å². The van der Waals surface area contributed by atoms with Gasteiger partial charge in [0.2, 0.25) is 0 Å². The van der Waals surface area contributed by atoms with Crippen molar-refractivity contribution in [3.8, 4) is 0 Å². The first-order valence-electron chi connectivity index (χ1n) is 7.86. The number of nitrogens with two attached hydrogens (primary N) is 1. The molecule has 3 rings (SSSR count). The minimum atomic E-state index is -0.889. The van der Waals surface area contributed by atoms with Gasteiger partial charge in [-0.05, 0) is 40.5 Å². The number of benzene rings is 2. The zero-order valence-electron chi connectivity index (χ0n) is 13.4. The SMILES string of the molecule is N=CC1(c2ccc(Br)cc2)C=C(Br)C(c2ccc(CN)cc2)=CC1O. The van der Waals surface area contributed by atoms with Gasteiger partial charge >= 0.3 is 0 Å². The molecule has 0 heterocycles. The number of halogens is 2. The maximum atomic E-state index is 10.9. The molecule has 0 radical (unpaired) electrons. The topological polar surface area (TPSA) is 70.1 Å². The molecule has 2 aromatic rings. The first-order chi connectivity index (χ1) is 12.0. The summed E-state index contributed by atoms with van der Waals surface area (Å²) in [5.74, 6) is 0. The number of nitrogens with one attached hydrogen (secondary N) is 1. The summed E-state index contributed by atoms with van der Waals surface area (Å²) in [6, 6.07) is 15.6. The standard InChI is InChI=1S/C20H18Br2N2O/c21-16-7-5-15(6-8-16)20(12-24)10-18(22)17(9-19(20)25)14-3-1-13(11-23)2-4-14/h1-10,12,19,24-25H,11,23H2. The van der Waals surface area contributed by atoms with Crippen molar-refractivity contribution < 1.29 is 5.11 Å². The second-order valence-electron chi connectivity index (χ2n) is 6.00. The zero-order chi connectivity index (χ0) is 18.0. The van der Waals surface area contributed by atoms with Crippen LogP contribution in [0.1, 0.15) is 16.7 Å². The molecule has 2 unspecified atom stereocenters. The quantitative estimate of drug-likeness (QED) is 0.585. The van der Waals surface area contributed by atoms with Gasteiger partial charge in [-0.3, -0.25) is 0 Å². The molecule has 0 saturated heterocycles. The highest BCUT2D eigenvalue weighted by Gasteiger charge is 2.38. The third kappa shape index (κ3) is 3.42. The molecule has 3 nitrogen and oxygen atoms in total. The molecule has 2 atom stereocenters. The molecule has 0 aromatic heterocycles. The number of rotatable bonds is 4. The average molecular weight is 462 g/mol. The number of aliphatic hydroxyl groups is 1. The van der Waals surface area contributed by atoms with E-state index >= 15 is 0 Å². The first kappa shape index (κ1) is 18.3. The molecule has 0 amide bonds. The van der Waals surface area contributed by atoms with Gasteiger partial charge in [-0.2, -0.15) is 0 Å². The summed E-state index contributed by atoms with van der Waals surface area (Å²) in [6.07, 6.45) is 4.17. The fourth-order valence-corrected chi connectivity index (χ4v) is 4.01. The van der Waals surface area contributed by atoms with Crippen LogP contribution in [0.15, 0.2) is 69.6 Å². The lowest BCUT2D eigenvalue weighted by atomic mass is 9.72. The van der Waals surface area contributed by atoms with E-state index in [1.807, 2.05) is 54.6 Å². The average Bonchev–Trinajstić information content (AvgIpc) is 2.64. The van der Waals surface area contributed by atoms with Crippen molar-refractivity contribution in [2.75, 3.05) is 0 Å². The number of aliphatic hydroxyl groups excluding tert-OH is 1. The van der Waals surface area contributed by atoms with Gasteiger partial charge in [0.25, 0.3) is 0 Å². The lowest BCUT2D eigenvalue weighted by Gasteiger charge is -2.35. The molecule has 128 valence electrons. The molecular weight excluding hydrogens is 444 g/mol. The summed E-state index contributed by atoms with van der Waals surface area (Å²) >= 11 is 7.05. The van der Waals surface area contributed by atoms with Crippen molar-refractivity contribution in [1.29, 1.82) is 5.41 Å². The van der Waals surface area contributed by atoms with Gasteiger partial charge in [0, 0.05) is 21.7 Å². The fourth-order valence-electron chi connectivity index (χ4n) is 3.01. The second kappa shape index (κ2) is 7.38. The third-order valence-corrected chi connectivity index (χ3v) is 5.71. The summed E-state index contributed by atoms with van der Waals surface area (Å²) in [7, 11) is 0. The van der Waals surface area contributed by atoms with Gasteiger partial charge in [0.1, 0.15) is 0 Å². The summed E-state index contributed by atoms with van der Waals surface area (Å²) in [4.78, 5) is 0. The van der Waals surface area contributed by atoms with Crippen molar-refractivity contribution in [2.24, 2.45) is 5.73 Å². The van der Waals surface area contributed by atoms with Crippen molar-refractivity contribution in [3.05, 3.63) is 86.3 Å². The lowest BCUT2D eigenvalue weighted by molar-refractivity contribution is 0.185. The Bertz CT molecular complexity index is 841. The Balaban J connectivity index is 2.03. The van der Waals surface area contributed by atoms with Crippen molar-refractivity contribution in [1.82, 2.24) is 0 Å². The maximum absolute atomic E-state index is 10.9. The van der Waals surface area contributed by atoms with Crippen LogP contribution in [0.3, 0.4) is 0 Å². The lowest BCUT2D eigenvalue weighted by Crippen LogP contribution is -2.40. The molecule has 1 aliphatic carbocycles. The van der Waals surface area contributed by atoms with Crippen LogP contribution >= 0.6 is 31.9 Å². The Morgan fingerprint density at radius 2 is 1.72 bits per heavy atom. The van der Waals surface area contributed by atoms with E-state index in [0.717, 1.165) is 31.2 Å². The summed E-state index contributed by atoms with van der Waals surface area (Å²) in [6.45, 7) is 0.499. The largest absolute Gasteiger partial charge is 0.387 e.